The van der Waals surface area contributed by atoms with Crippen LogP contribution in [0.1, 0.15) is 6.92 Å². The number of para-hydroxylation sites is 1. The molecule has 1 aromatic carbocycles. The summed E-state index contributed by atoms with van der Waals surface area (Å²) >= 11 is 0. The summed E-state index contributed by atoms with van der Waals surface area (Å²) in [6.45, 7) is 3.26. The maximum Gasteiger partial charge on any atom is 0.435 e. The summed E-state index contributed by atoms with van der Waals surface area (Å²) in [6, 6.07) is 9.54. The van der Waals surface area contributed by atoms with Gasteiger partial charge in [-0.2, -0.15) is 0 Å². The predicted octanol–water partition coefficient (Wildman–Crippen LogP) is 2.67. The van der Waals surface area contributed by atoms with E-state index in [1.165, 1.54) is 0 Å². The van der Waals surface area contributed by atoms with Gasteiger partial charge in [-0.1, -0.05) is 18.2 Å². The van der Waals surface area contributed by atoms with Crippen molar-refractivity contribution in [1.82, 2.24) is 0 Å². The third kappa shape index (κ3) is 2.07. The second-order valence-corrected chi connectivity index (χ2v) is 5.11. The Kier molecular flexibility index (Phi) is 3.10. The van der Waals surface area contributed by atoms with Crippen molar-refractivity contribution < 1.29 is 13.6 Å². The van der Waals surface area contributed by atoms with Crippen molar-refractivity contribution >= 4 is 13.4 Å². The fourth-order valence-corrected chi connectivity index (χ4v) is 3.31. The third-order valence-electron chi connectivity index (χ3n) is 2.20. The van der Waals surface area contributed by atoms with Gasteiger partial charge in [0.2, 0.25) is 0 Å². The molecule has 0 N–H and O–H groups in total. The van der Waals surface area contributed by atoms with E-state index >= 15 is 0 Å². The van der Waals surface area contributed by atoms with Gasteiger partial charge in [-0.05, 0) is 19.1 Å². The molecule has 1 unspecified atom stereocenters. The van der Waals surface area contributed by atoms with Crippen LogP contribution in [0.2, 0.25) is 0 Å². The normalized spacial score (nSPS) is 25.8. The van der Waals surface area contributed by atoms with Crippen LogP contribution in [-0.2, 0) is 13.6 Å². The quantitative estimate of drug-likeness (QED) is 0.744. The van der Waals surface area contributed by atoms with Gasteiger partial charge >= 0.3 is 7.75 Å². The van der Waals surface area contributed by atoms with E-state index in [4.69, 9.17) is 9.05 Å². The van der Waals surface area contributed by atoms with Crippen molar-refractivity contribution in [2.24, 2.45) is 0 Å². The maximum absolute atomic E-state index is 12.2. The molecular formula is C10H14NO3P. The van der Waals surface area contributed by atoms with Gasteiger partial charge < -0.3 is 0 Å². The van der Waals surface area contributed by atoms with E-state index in [9.17, 15) is 4.57 Å². The van der Waals surface area contributed by atoms with E-state index in [-0.39, 0.29) is 0 Å². The van der Waals surface area contributed by atoms with Gasteiger partial charge in [0.1, 0.15) is 0 Å². The van der Waals surface area contributed by atoms with E-state index < -0.39 is 7.75 Å². The molecule has 1 atom stereocenters. The van der Waals surface area contributed by atoms with Crippen LogP contribution >= 0.6 is 7.75 Å². The maximum atomic E-state index is 12.2. The van der Waals surface area contributed by atoms with Crippen LogP contribution in [0.4, 0.5) is 5.69 Å². The first kappa shape index (κ1) is 10.7. The summed E-state index contributed by atoms with van der Waals surface area (Å²) in [5.74, 6) is 0. The summed E-state index contributed by atoms with van der Waals surface area (Å²) in [4.78, 5) is 0. The topological polar surface area (TPSA) is 38.8 Å². The molecule has 0 aliphatic carbocycles. The summed E-state index contributed by atoms with van der Waals surface area (Å²) in [5, 5.41) is 0. The average molecular weight is 227 g/mol. The second-order valence-electron chi connectivity index (χ2n) is 3.18. The molecule has 0 radical (unpaired) electrons. The minimum Gasteiger partial charge on any atom is -0.292 e. The van der Waals surface area contributed by atoms with Crippen molar-refractivity contribution in [3.63, 3.8) is 0 Å². The Morgan fingerprint density at radius 1 is 1.47 bits per heavy atom. The minimum atomic E-state index is -3.07. The average Bonchev–Trinajstić information content (AvgIpc) is 2.62. The van der Waals surface area contributed by atoms with Crippen molar-refractivity contribution in [1.29, 1.82) is 0 Å². The van der Waals surface area contributed by atoms with Gasteiger partial charge in [0, 0.05) is 5.69 Å². The zero-order valence-corrected chi connectivity index (χ0v) is 9.52. The molecule has 5 heteroatoms. The number of benzene rings is 1. The molecule has 0 amide bonds. The lowest BCUT2D eigenvalue weighted by Crippen LogP contribution is -2.16. The van der Waals surface area contributed by atoms with Crippen LogP contribution < -0.4 is 4.67 Å². The molecule has 82 valence electrons. The Labute approximate surface area is 89.4 Å². The molecule has 0 saturated carbocycles. The Hall–Kier alpha value is -0.830. The van der Waals surface area contributed by atoms with Crippen molar-refractivity contribution in [3.05, 3.63) is 30.3 Å². The van der Waals surface area contributed by atoms with Crippen LogP contribution in [0.3, 0.4) is 0 Å². The molecular weight excluding hydrogens is 213 g/mol. The van der Waals surface area contributed by atoms with Gasteiger partial charge in [-0.3, -0.25) is 13.7 Å². The monoisotopic (exact) mass is 227 g/mol. The molecule has 1 aliphatic rings. The highest BCUT2D eigenvalue weighted by molar-refractivity contribution is 7.56. The van der Waals surface area contributed by atoms with Gasteiger partial charge in [0.15, 0.2) is 0 Å². The number of hydrogen-bond donors (Lipinski definition) is 0. The van der Waals surface area contributed by atoms with Crippen LogP contribution in [0.5, 0.6) is 0 Å². The van der Waals surface area contributed by atoms with Crippen LogP contribution in [0, 0.1) is 0 Å². The first-order valence-electron chi connectivity index (χ1n) is 4.98. The molecule has 1 aliphatic heterocycles. The summed E-state index contributed by atoms with van der Waals surface area (Å²) in [5.41, 5.74) is 0.881. The van der Waals surface area contributed by atoms with Crippen LogP contribution in [0.25, 0.3) is 0 Å². The van der Waals surface area contributed by atoms with Gasteiger partial charge in [-0.15, -0.1) is 0 Å². The smallest absolute Gasteiger partial charge is 0.292 e. The second kappa shape index (κ2) is 4.35. The predicted molar refractivity (Wildman–Crippen MR) is 59.0 cm³/mol. The number of anilines is 1. The minimum absolute atomic E-state index is 0.389. The lowest BCUT2D eigenvalue weighted by molar-refractivity contribution is 0.240. The molecule has 1 heterocycles. The fraction of sp³-hybridized carbons (Fsp3) is 0.400. The zero-order valence-electron chi connectivity index (χ0n) is 8.63. The van der Waals surface area contributed by atoms with E-state index in [1.807, 2.05) is 37.3 Å². The zero-order chi connectivity index (χ0) is 10.7. The Balaban J connectivity index is 2.26. The van der Waals surface area contributed by atoms with Crippen LogP contribution in [-0.4, -0.2) is 19.8 Å². The fourth-order valence-electron chi connectivity index (χ4n) is 1.58. The molecule has 1 saturated heterocycles. The first-order valence-corrected chi connectivity index (χ1v) is 6.48. The molecule has 1 aromatic rings. The lowest BCUT2D eigenvalue weighted by Gasteiger charge is -2.23. The molecule has 0 aromatic heterocycles. The van der Waals surface area contributed by atoms with E-state index in [1.54, 1.807) is 4.67 Å². The molecule has 2 rings (SSSR count). The third-order valence-corrected chi connectivity index (χ3v) is 4.32. The van der Waals surface area contributed by atoms with E-state index in [0.717, 1.165) is 5.69 Å². The highest BCUT2D eigenvalue weighted by Gasteiger charge is 2.38. The van der Waals surface area contributed by atoms with Gasteiger partial charge in [0.05, 0.1) is 19.8 Å². The first-order chi connectivity index (χ1) is 7.26. The molecule has 0 bridgehead atoms. The van der Waals surface area contributed by atoms with E-state index in [2.05, 4.69) is 0 Å². The van der Waals surface area contributed by atoms with Crippen molar-refractivity contribution in [3.8, 4) is 0 Å². The Morgan fingerprint density at radius 2 is 2.20 bits per heavy atom. The summed E-state index contributed by atoms with van der Waals surface area (Å²) < 4.78 is 24.4. The number of rotatable bonds is 3. The Morgan fingerprint density at radius 3 is 2.87 bits per heavy atom. The molecule has 1 fully saturated rings. The molecule has 0 spiro atoms. The molecule has 15 heavy (non-hydrogen) atoms. The van der Waals surface area contributed by atoms with Crippen molar-refractivity contribution in [2.45, 2.75) is 6.92 Å². The van der Waals surface area contributed by atoms with E-state index in [0.29, 0.717) is 19.8 Å². The van der Waals surface area contributed by atoms with Crippen molar-refractivity contribution in [2.75, 3.05) is 24.4 Å². The summed E-state index contributed by atoms with van der Waals surface area (Å²) in [7, 11) is -3.07. The number of nitrogens with zero attached hydrogens (tertiary/aromatic N) is 1. The lowest BCUT2D eigenvalue weighted by atomic mass is 10.3. The highest BCUT2D eigenvalue weighted by atomic mass is 31.2. The van der Waals surface area contributed by atoms with Gasteiger partial charge in [0.25, 0.3) is 0 Å². The van der Waals surface area contributed by atoms with Crippen LogP contribution in [0.15, 0.2) is 30.3 Å². The Bertz CT molecular complexity index is 368. The van der Waals surface area contributed by atoms with Gasteiger partial charge in [-0.25, -0.2) is 4.57 Å². The molecule has 4 nitrogen and oxygen atoms in total. The standard InChI is InChI=1S/C10H14NO3P/c1-2-13-15(12)11(8-9-14-15)10-6-4-3-5-7-10/h3-7H,2,8-9H2,1H3. The number of hydrogen-bond acceptors (Lipinski definition) is 3. The summed E-state index contributed by atoms with van der Waals surface area (Å²) in [6.07, 6.45) is 0. The highest BCUT2D eigenvalue weighted by Crippen LogP contribution is 2.57. The SMILES string of the molecule is CCOP1(=O)OCCN1c1ccccc1. The largest absolute Gasteiger partial charge is 0.435 e.